The van der Waals surface area contributed by atoms with Gasteiger partial charge in [-0.3, -0.25) is 10.1 Å². The maximum Gasteiger partial charge on any atom is 0.317 e. The molecule has 0 saturated carbocycles. The first-order chi connectivity index (χ1) is 4.70. The second kappa shape index (κ2) is 7.56. The van der Waals surface area contributed by atoms with Crippen LogP contribution >= 0.6 is 0 Å². The van der Waals surface area contributed by atoms with E-state index >= 15 is 0 Å². The van der Waals surface area contributed by atoms with Crippen LogP contribution in [0, 0.1) is 0 Å². The molecule has 0 aromatic heterocycles. The van der Waals surface area contributed by atoms with Crippen molar-refractivity contribution in [2.24, 2.45) is 0 Å². The minimum absolute atomic E-state index is 0. The van der Waals surface area contributed by atoms with Gasteiger partial charge in [0.25, 0.3) is 0 Å². The average molecular weight is 161 g/mol. The molecule has 0 rings (SSSR count). The summed E-state index contributed by atoms with van der Waals surface area (Å²) >= 11 is 0. The van der Waals surface area contributed by atoms with Gasteiger partial charge < -0.3 is 9.84 Å². The van der Waals surface area contributed by atoms with E-state index in [2.05, 4.69) is 5.32 Å². The minimum Gasteiger partial charge on any atom is -0.480 e. The first kappa shape index (κ1) is 13.1. The van der Waals surface area contributed by atoms with Crippen LogP contribution in [0.4, 0.5) is 0 Å². The van der Waals surface area contributed by atoms with E-state index in [0.29, 0.717) is 0 Å². The summed E-state index contributed by atoms with van der Waals surface area (Å²) in [6.45, 7) is 1.87. The van der Waals surface area contributed by atoms with Crippen molar-refractivity contribution in [3.05, 3.63) is 0 Å². The Bertz CT molecular complexity index is 106. The van der Waals surface area contributed by atoms with Crippen LogP contribution in [0.1, 0.15) is 13.3 Å². The van der Waals surface area contributed by atoms with E-state index in [9.17, 15) is 4.79 Å². The lowest BCUT2D eigenvalue weighted by molar-refractivity contribution is -0.136. The third-order valence-electron chi connectivity index (χ3n) is 1.14. The molecule has 0 fully saturated rings. The fourth-order valence-corrected chi connectivity index (χ4v) is 0.595. The van der Waals surface area contributed by atoms with Crippen LogP contribution in [0.15, 0.2) is 0 Å². The maximum atomic E-state index is 10.0. The number of ether oxygens (including phenoxy) is 1. The summed E-state index contributed by atoms with van der Waals surface area (Å²) in [5.41, 5.74) is 0. The molecule has 2 N–H and O–H groups in total. The molecule has 4 nitrogen and oxygen atoms in total. The summed E-state index contributed by atoms with van der Waals surface area (Å²) in [7, 11) is 1.54. The predicted octanol–water partition coefficient (Wildman–Crippen LogP) is -1.14. The zero-order valence-electron chi connectivity index (χ0n) is 6.26. The summed E-state index contributed by atoms with van der Waals surface area (Å²) in [4.78, 5) is 10.0. The number of hydrogen-bond donors (Lipinski definition) is 2. The Kier molecular flexibility index (Phi) is 8.99. The minimum atomic E-state index is -0.865. The topological polar surface area (TPSA) is 58.6 Å². The molecule has 0 amide bonds. The van der Waals surface area contributed by atoms with Gasteiger partial charge in [-0.15, -0.1) is 0 Å². The van der Waals surface area contributed by atoms with E-state index in [4.69, 9.17) is 9.84 Å². The third-order valence-corrected chi connectivity index (χ3v) is 1.14. The third kappa shape index (κ3) is 7.35. The number of rotatable bonds is 5. The molecule has 0 heterocycles. The molecular formula is C6H16BNO3. The van der Waals surface area contributed by atoms with Gasteiger partial charge in [0.05, 0.1) is 15.0 Å². The summed E-state index contributed by atoms with van der Waals surface area (Å²) in [5, 5.41) is 10.9. The van der Waals surface area contributed by atoms with Gasteiger partial charge in [-0.25, -0.2) is 0 Å². The number of aliphatic carboxylic acids is 1. The van der Waals surface area contributed by atoms with Crippen molar-refractivity contribution in [2.75, 3.05) is 13.7 Å². The normalized spacial score (nSPS) is 11.8. The van der Waals surface area contributed by atoms with Crippen LogP contribution in [0.2, 0.25) is 0 Å². The second-order valence-electron chi connectivity index (χ2n) is 1.91. The number of nitrogens with one attached hydrogen (secondary N) is 1. The lowest BCUT2D eigenvalue weighted by atomic mass is 10.4. The Morgan fingerprint density at radius 2 is 2.27 bits per heavy atom. The highest BCUT2D eigenvalue weighted by Gasteiger charge is 2.03. The van der Waals surface area contributed by atoms with Gasteiger partial charge in [0.1, 0.15) is 6.23 Å². The highest BCUT2D eigenvalue weighted by atomic mass is 16.5. The number of methoxy groups -OCH3 is 1. The molecule has 11 heavy (non-hydrogen) atoms. The Morgan fingerprint density at radius 3 is 2.55 bits per heavy atom. The van der Waals surface area contributed by atoms with E-state index in [0.717, 1.165) is 6.42 Å². The molecule has 1 unspecified atom stereocenters. The van der Waals surface area contributed by atoms with Crippen molar-refractivity contribution in [3.8, 4) is 0 Å². The predicted molar refractivity (Wildman–Crippen MR) is 46.7 cm³/mol. The monoisotopic (exact) mass is 161 g/mol. The van der Waals surface area contributed by atoms with Gasteiger partial charge in [-0.05, 0) is 6.42 Å². The van der Waals surface area contributed by atoms with E-state index in [1.807, 2.05) is 6.92 Å². The second-order valence-corrected chi connectivity index (χ2v) is 1.91. The molecule has 0 spiro atoms. The lowest BCUT2D eigenvalue weighted by Gasteiger charge is -2.12. The summed E-state index contributed by atoms with van der Waals surface area (Å²) in [5.74, 6) is -0.865. The summed E-state index contributed by atoms with van der Waals surface area (Å²) < 4.78 is 4.88. The van der Waals surface area contributed by atoms with Crippen LogP contribution in [-0.2, 0) is 9.53 Å². The Labute approximate surface area is 68.5 Å². The molecule has 0 saturated heterocycles. The largest absolute Gasteiger partial charge is 0.480 e. The van der Waals surface area contributed by atoms with Crippen LogP contribution in [0.5, 0.6) is 0 Å². The standard InChI is InChI=1S/C6H13NO3.BH3/c1-3-5(10-2)7-4-6(8)9;/h5,7H,3-4H2,1-2H3,(H,8,9);1H3. The molecular weight excluding hydrogens is 145 g/mol. The molecule has 0 aliphatic rings. The molecule has 0 aliphatic heterocycles. The van der Waals surface area contributed by atoms with Crippen molar-refractivity contribution in [2.45, 2.75) is 19.6 Å². The van der Waals surface area contributed by atoms with Gasteiger partial charge in [-0.2, -0.15) is 0 Å². The van der Waals surface area contributed by atoms with Crippen LogP contribution in [0.25, 0.3) is 0 Å². The first-order valence-electron chi connectivity index (χ1n) is 3.18. The van der Waals surface area contributed by atoms with Crippen LogP contribution in [0.3, 0.4) is 0 Å². The van der Waals surface area contributed by atoms with Gasteiger partial charge in [0.15, 0.2) is 0 Å². The molecule has 0 aliphatic carbocycles. The van der Waals surface area contributed by atoms with Gasteiger partial charge >= 0.3 is 5.97 Å². The van der Waals surface area contributed by atoms with E-state index in [1.54, 1.807) is 7.11 Å². The molecule has 0 aromatic carbocycles. The zero-order valence-corrected chi connectivity index (χ0v) is 6.26. The molecule has 66 valence electrons. The Balaban J connectivity index is 0. The molecule has 5 heteroatoms. The van der Waals surface area contributed by atoms with Crippen molar-refractivity contribution in [1.82, 2.24) is 5.32 Å². The van der Waals surface area contributed by atoms with E-state index < -0.39 is 5.97 Å². The zero-order chi connectivity index (χ0) is 7.98. The molecule has 0 radical (unpaired) electrons. The average Bonchev–Trinajstić information content (AvgIpc) is 1.90. The number of carboxylic acids is 1. The SMILES string of the molecule is B.CCC(NCC(=O)O)OC. The van der Waals surface area contributed by atoms with Gasteiger partial charge in [-0.1, -0.05) is 6.92 Å². The highest BCUT2D eigenvalue weighted by Crippen LogP contribution is 1.88. The smallest absolute Gasteiger partial charge is 0.317 e. The van der Waals surface area contributed by atoms with E-state index in [-0.39, 0.29) is 21.2 Å². The fourth-order valence-electron chi connectivity index (χ4n) is 0.595. The quantitative estimate of drug-likeness (QED) is 0.395. The van der Waals surface area contributed by atoms with Crippen molar-refractivity contribution < 1.29 is 14.6 Å². The Morgan fingerprint density at radius 1 is 1.73 bits per heavy atom. The summed E-state index contributed by atoms with van der Waals surface area (Å²) in [6, 6.07) is 0. The fraction of sp³-hybridized carbons (Fsp3) is 0.833. The van der Waals surface area contributed by atoms with Crippen molar-refractivity contribution >= 4 is 14.4 Å². The van der Waals surface area contributed by atoms with Crippen molar-refractivity contribution in [1.29, 1.82) is 0 Å². The number of carboxylic acid groups (broad SMARTS) is 1. The molecule has 0 bridgehead atoms. The van der Waals surface area contributed by atoms with Crippen molar-refractivity contribution in [3.63, 3.8) is 0 Å². The van der Waals surface area contributed by atoms with Gasteiger partial charge in [0.2, 0.25) is 0 Å². The van der Waals surface area contributed by atoms with E-state index in [1.165, 1.54) is 0 Å². The van der Waals surface area contributed by atoms with Crippen LogP contribution < -0.4 is 5.32 Å². The lowest BCUT2D eigenvalue weighted by Crippen LogP contribution is -2.34. The number of carbonyl (C=O) groups is 1. The molecule has 1 atom stereocenters. The first-order valence-corrected chi connectivity index (χ1v) is 3.18. The van der Waals surface area contributed by atoms with Crippen LogP contribution in [-0.4, -0.2) is 39.4 Å². The highest BCUT2D eigenvalue weighted by molar-refractivity contribution is 5.75. The van der Waals surface area contributed by atoms with Gasteiger partial charge in [0, 0.05) is 7.11 Å². The Hall–Kier alpha value is -0.545. The molecule has 0 aromatic rings. The maximum absolute atomic E-state index is 10.0. The summed E-state index contributed by atoms with van der Waals surface area (Å²) in [6.07, 6.45) is 0.625. The number of hydrogen-bond acceptors (Lipinski definition) is 3.